The van der Waals surface area contributed by atoms with Crippen molar-refractivity contribution < 1.29 is 65.2 Å². The highest BCUT2D eigenvalue weighted by molar-refractivity contribution is 7.15. The van der Waals surface area contributed by atoms with Gasteiger partial charge in [0.15, 0.2) is 10.3 Å². The molecule has 25 heteroatoms. The van der Waals surface area contributed by atoms with Crippen LogP contribution in [-0.4, -0.2) is 98.1 Å². The molecule has 4 saturated carbocycles. The van der Waals surface area contributed by atoms with Gasteiger partial charge >= 0.3 is 24.3 Å². The van der Waals surface area contributed by atoms with E-state index in [9.17, 15) is 60.5 Å². The number of halogens is 8. The lowest BCUT2D eigenvalue weighted by atomic mass is 9.81. The lowest BCUT2D eigenvalue weighted by molar-refractivity contribution is -0.190. The molecule has 458 valence electrons. The van der Waals surface area contributed by atoms with E-state index in [1.165, 1.54) is 25.3 Å². The molecule has 0 aliphatic heterocycles. The fraction of sp³-hybridized carbons (Fsp3) is 0.593. The number of hydrogen-bond acceptors (Lipinski definition) is 13. The van der Waals surface area contributed by atoms with Crippen molar-refractivity contribution in [1.82, 2.24) is 20.4 Å². The van der Waals surface area contributed by atoms with Crippen LogP contribution >= 0.6 is 45.9 Å². The molecule has 2 amide bonds. The van der Waals surface area contributed by atoms with Crippen LogP contribution < -0.4 is 20.1 Å². The minimum Gasteiger partial charge on any atom is -0.477 e. The first-order valence-corrected chi connectivity index (χ1v) is 30.3. The van der Waals surface area contributed by atoms with E-state index in [0.29, 0.717) is 92.0 Å². The summed E-state index contributed by atoms with van der Waals surface area (Å²) >= 11 is 12.5. The number of aromatic carboxylic acids is 1. The van der Waals surface area contributed by atoms with Gasteiger partial charge in [-0.3, -0.25) is 14.4 Å². The molecule has 4 aliphatic rings. The number of ether oxygens (including phenoxy) is 2. The molecule has 4 aromatic rings. The normalized spacial score (nSPS) is 22.8. The maximum absolute atomic E-state index is 14.0. The number of aromatic amines is 1. The molecule has 0 unspecified atom stereocenters. The number of thiophene rings is 2. The molecule has 0 bridgehead atoms. The van der Waals surface area contributed by atoms with E-state index in [-0.39, 0.29) is 78.5 Å². The summed E-state index contributed by atoms with van der Waals surface area (Å²) in [6.07, 6.45) is 1.35. The topological polar surface area (TPSA) is 205 Å². The summed E-state index contributed by atoms with van der Waals surface area (Å²) in [7, 11) is 1.23. The van der Waals surface area contributed by atoms with Gasteiger partial charge in [-0.1, -0.05) is 60.7 Å². The van der Waals surface area contributed by atoms with Gasteiger partial charge in [0, 0.05) is 36.1 Å². The number of aromatic nitrogens is 4. The minimum atomic E-state index is -4.55. The number of aliphatic hydroxyl groups excluding tert-OH is 1. The number of hydrogen-bond donors (Lipinski definition) is 3. The Morgan fingerprint density at radius 1 is 0.643 bits per heavy atom. The number of nitrogens with one attached hydrogen (secondary N) is 1. The number of methoxy groups -OCH3 is 1. The van der Waals surface area contributed by atoms with Crippen LogP contribution in [0.15, 0.2) is 41.2 Å². The summed E-state index contributed by atoms with van der Waals surface area (Å²) in [5.74, 6) is 8.40. The van der Waals surface area contributed by atoms with Crippen molar-refractivity contribution in [2.24, 2.45) is 34.5 Å². The first-order chi connectivity index (χ1) is 39.4. The lowest BCUT2D eigenvalue weighted by Crippen LogP contribution is -2.47. The van der Waals surface area contributed by atoms with Crippen LogP contribution in [0.4, 0.5) is 37.7 Å². The number of anilines is 2. The zero-order chi connectivity index (χ0) is 61.9. The van der Waals surface area contributed by atoms with Crippen LogP contribution in [-0.2, 0) is 14.3 Å². The van der Waals surface area contributed by atoms with Crippen molar-refractivity contribution in [3.8, 4) is 29.6 Å². The van der Waals surface area contributed by atoms with Crippen molar-refractivity contribution in [3.05, 3.63) is 76.6 Å². The minimum absolute atomic E-state index is 0.0728. The fourth-order valence-electron chi connectivity index (χ4n) is 10.2. The molecule has 0 atom stereocenters. The highest BCUT2D eigenvalue weighted by Gasteiger charge is 2.48. The van der Waals surface area contributed by atoms with Gasteiger partial charge in [-0.25, -0.2) is 14.7 Å². The second kappa shape index (κ2) is 29.1. The Bertz CT molecular complexity index is 3060. The van der Waals surface area contributed by atoms with E-state index in [1.54, 1.807) is 28.0 Å². The van der Waals surface area contributed by atoms with Crippen LogP contribution in [0, 0.1) is 58.2 Å². The molecular formula is C59H70Cl2F6N6O9S2. The number of carbonyl (C=O) groups is 4. The Kier molecular flexibility index (Phi) is 23.4. The van der Waals surface area contributed by atoms with Crippen molar-refractivity contribution in [2.75, 3.05) is 16.9 Å². The smallest absolute Gasteiger partial charge is 0.404 e. The number of aliphatic hydroxyl groups is 1. The Morgan fingerprint density at radius 2 is 1.06 bits per heavy atom. The zero-order valence-corrected chi connectivity index (χ0v) is 50.9. The third-order valence-corrected chi connectivity index (χ3v) is 18.2. The predicted molar refractivity (Wildman–Crippen MR) is 309 cm³/mol. The van der Waals surface area contributed by atoms with Gasteiger partial charge in [0.1, 0.15) is 26.7 Å². The highest BCUT2D eigenvalue weighted by Crippen LogP contribution is 2.43. The van der Waals surface area contributed by atoms with Crippen LogP contribution in [0.2, 0.25) is 10.3 Å². The van der Waals surface area contributed by atoms with Crippen molar-refractivity contribution >= 4 is 81.0 Å². The summed E-state index contributed by atoms with van der Waals surface area (Å²) in [6.45, 7) is 8.26. The van der Waals surface area contributed by atoms with Gasteiger partial charge in [-0.05, 0) is 167 Å². The number of amides is 2. The predicted octanol–water partition coefficient (Wildman–Crippen LogP) is 13.7. The van der Waals surface area contributed by atoms with Gasteiger partial charge in [0.25, 0.3) is 5.56 Å². The van der Waals surface area contributed by atoms with Crippen molar-refractivity contribution in [2.45, 2.75) is 181 Å². The van der Waals surface area contributed by atoms with E-state index < -0.39 is 41.2 Å². The van der Waals surface area contributed by atoms with Gasteiger partial charge < -0.3 is 29.5 Å². The molecule has 4 fully saturated rings. The van der Waals surface area contributed by atoms with Crippen LogP contribution in [0.1, 0.15) is 173 Å². The van der Waals surface area contributed by atoms with Crippen LogP contribution in [0.3, 0.4) is 0 Å². The number of carbonyl (C=O) groups excluding carboxylic acids is 3. The number of carboxylic acids is 1. The molecule has 0 radical (unpaired) electrons. The highest BCUT2D eigenvalue weighted by atomic mass is 35.5. The van der Waals surface area contributed by atoms with Crippen LogP contribution in [0.25, 0.3) is 0 Å². The molecule has 0 spiro atoms. The second-order valence-electron chi connectivity index (χ2n) is 23.0. The number of esters is 1. The van der Waals surface area contributed by atoms with E-state index >= 15 is 0 Å². The van der Waals surface area contributed by atoms with Gasteiger partial charge in [-0.2, -0.15) is 26.3 Å². The number of H-pyrrole nitrogens is 1. The zero-order valence-electron chi connectivity index (χ0n) is 47.7. The average molecular weight is 1260 g/mol. The summed E-state index contributed by atoms with van der Waals surface area (Å²) in [5.41, 5.74) is -4.32. The molecule has 0 aromatic carbocycles. The molecule has 4 heterocycles. The van der Waals surface area contributed by atoms with Gasteiger partial charge in [-0.15, -0.1) is 38.0 Å². The first-order valence-electron chi connectivity index (χ1n) is 27.9. The number of alkyl halides is 6. The molecule has 8 rings (SSSR count). The molecule has 4 aliphatic carbocycles. The largest absolute Gasteiger partial charge is 0.477 e. The fourth-order valence-corrected chi connectivity index (χ4v) is 12.2. The Balaban J connectivity index is 0.000000239. The van der Waals surface area contributed by atoms with Gasteiger partial charge in [0.2, 0.25) is 17.7 Å². The number of carboxylic acid groups (broad SMARTS) is 1. The standard InChI is InChI=1S/C29H34F3N3O5S.C26H34F3NO4S.C4H2Cl2N2/c1-17-4-6-18(7-5-17)26(37)35(19-8-10-20(11-9-19)40-24-13-12-23(36)33-34-24)22-16-21(41-25(22)27(38)39)14-15-28(2,3)29(30,31)32;1-16-5-7-17(8-6-16)23(32)30(18-9-11-19(31)12-10-18)21-15-20(35-22(21)24(33)34-4)13-14-25(2,3)26(27,28)29;5-3-1-2-4(6)8-7-3/h12-13,16-20H,4-11H2,1-3H3,(H,33,36)(H,38,39);15-19,31H,5-12H2,1-4H3;1-2H. The summed E-state index contributed by atoms with van der Waals surface area (Å²) in [4.78, 5) is 67.8. The monoisotopic (exact) mass is 1250 g/mol. The molecular weight excluding hydrogens is 1190 g/mol. The Morgan fingerprint density at radius 3 is 1.44 bits per heavy atom. The van der Waals surface area contributed by atoms with Crippen LogP contribution in [0.5, 0.6) is 5.88 Å². The quantitative estimate of drug-likeness (QED) is 0.0771. The molecule has 15 nitrogen and oxygen atoms in total. The number of rotatable bonds is 10. The SMILES string of the molecule is CC1CCC(C(=O)N(c2cc(C#CC(C)(C)C(F)(F)F)sc2C(=O)O)C2CCC(Oc3ccc(=O)[nH]n3)CC2)CC1.COC(=O)c1sc(C#CC(C)(C)C(F)(F)F)cc1N(C(=O)C1CCC(C)CC1)C1CCC(O)CC1.Clc1ccc(Cl)nn1. The van der Waals surface area contributed by atoms with Crippen molar-refractivity contribution in [3.63, 3.8) is 0 Å². The third kappa shape index (κ3) is 18.2. The molecule has 0 saturated heterocycles. The van der Waals surface area contributed by atoms with E-state index in [0.717, 1.165) is 88.9 Å². The average Bonchev–Trinajstić information content (AvgIpc) is 3.92. The summed E-state index contributed by atoms with van der Waals surface area (Å²) in [5, 5.41) is 33.9. The molecule has 3 N–H and O–H groups in total. The third-order valence-electron chi connectivity index (χ3n) is 15.7. The van der Waals surface area contributed by atoms with Crippen molar-refractivity contribution in [1.29, 1.82) is 0 Å². The maximum Gasteiger partial charge on any atom is 0.404 e. The van der Waals surface area contributed by atoms with Gasteiger partial charge in [0.05, 0.1) is 34.3 Å². The Hall–Kier alpha value is -5.72. The molecule has 4 aromatic heterocycles. The maximum atomic E-state index is 14.0. The summed E-state index contributed by atoms with van der Waals surface area (Å²) < 4.78 is 90.9. The molecule has 84 heavy (non-hydrogen) atoms. The number of nitrogens with zero attached hydrogens (tertiary/aromatic N) is 5. The second-order valence-corrected chi connectivity index (χ2v) is 25.9. The lowest BCUT2D eigenvalue weighted by Gasteiger charge is -2.39. The van der Waals surface area contributed by atoms with E-state index in [1.807, 2.05) is 0 Å². The van der Waals surface area contributed by atoms with E-state index in [4.69, 9.17) is 32.7 Å². The first kappa shape index (κ1) is 67.4. The Labute approximate surface area is 502 Å². The van der Waals surface area contributed by atoms with E-state index in [2.05, 4.69) is 57.9 Å². The summed E-state index contributed by atoms with van der Waals surface area (Å²) in [6, 6.07) is 8.43.